The summed E-state index contributed by atoms with van der Waals surface area (Å²) in [7, 11) is 3.28. The van der Waals surface area contributed by atoms with Crippen molar-refractivity contribution in [2.45, 2.75) is 43.5 Å². The molecule has 5 rings (SSSR count). The number of allylic oxidation sites excluding steroid dienone is 1. The van der Waals surface area contributed by atoms with E-state index >= 15 is 0 Å². The number of benzene rings is 2. The zero-order valence-electron chi connectivity index (χ0n) is 22.2. The number of para-hydroxylation sites is 1. The number of aryl methyl sites for hydroxylation is 1. The molecule has 0 saturated carbocycles. The van der Waals surface area contributed by atoms with Gasteiger partial charge in [-0.25, -0.2) is 0 Å². The molecule has 1 saturated heterocycles. The normalized spacial score (nSPS) is 18.5. The van der Waals surface area contributed by atoms with E-state index in [-0.39, 0.29) is 35.6 Å². The standard InChI is InChI=1S/C29H30Cl2N4O4S/c1-34-16-20(19-6-3-4-7-24(19)34)28(38)33-23-14-21(30)17(12-22(23)31)13-26(36)35-11-5-8-25(35)29-32-15-18(40-29)9-10-27(37)39-2/h3-4,6-7,12,14-16,25,29,32H,5,8-11,13H2,1-2H3,(H,33,38)/t25-,29?/m0/s1. The number of fused-ring (bicyclic) bond motifs is 1. The number of hydrogen-bond acceptors (Lipinski definition) is 6. The van der Waals surface area contributed by atoms with Gasteiger partial charge in [-0.05, 0) is 43.0 Å². The van der Waals surface area contributed by atoms with Gasteiger partial charge in [0.15, 0.2) is 0 Å². The van der Waals surface area contributed by atoms with Gasteiger partial charge in [0.05, 0.1) is 47.6 Å². The van der Waals surface area contributed by atoms with Crippen molar-refractivity contribution in [2.24, 2.45) is 7.05 Å². The third kappa shape index (κ3) is 5.96. The molecular weight excluding hydrogens is 571 g/mol. The number of methoxy groups -OCH3 is 1. The molecule has 40 heavy (non-hydrogen) atoms. The second-order valence-corrected chi connectivity index (χ2v) is 12.0. The van der Waals surface area contributed by atoms with Crippen molar-refractivity contribution < 1.29 is 19.1 Å². The van der Waals surface area contributed by atoms with Crippen LogP contribution in [0.2, 0.25) is 10.0 Å². The minimum atomic E-state index is -0.292. The zero-order valence-corrected chi connectivity index (χ0v) is 24.5. The summed E-state index contributed by atoms with van der Waals surface area (Å²) in [6.45, 7) is 0.671. The van der Waals surface area contributed by atoms with Gasteiger partial charge >= 0.3 is 5.97 Å². The number of carbonyl (C=O) groups excluding carboxylic acids is 3. The maximum absolute atomic E-state index is 13.4. The van der Waals surface area contributed by atoms with Crippen LogP contribution in [-0.2, 0) is 27.8 Å². The number of hydrogen-bond donors (Lipinski definition) is 2. The Bertz CT molecular complexity index is 1500. The number of nitrogens with zero attached hydrogens (tertiary/aromatic N) is 2. The summed E-state index contributed by atoms with van der Waals surface area (Å²) in [5, 5.41) is 7.79. The van der Waals surface area contributed by atoms with E-state index in [1.54, 1.807) is 30.1 Å². The molecule has 0 bridgehead atoms. The van der Waals surface area contributed by atoms with E-state index in [4.69, 9.17) is 27.9 Å². The molecule has 0 aliphatic carbocycles. The van der Waals surface area contributed by atoms with Crippen LogP contribution in [0.5, 0.6) is 0 Å². The second kappa shape index (κ2) is 12.2. The van der Waals surface area contributed by atoms with Crippen molar-refractivity contribution >= 4 is 69.3 Å². The molecule has 11 heteroatoms. The average Bonchev–Trinajstić information content (AvgIpc) is 3.69. The highest BCUT2D eigenvalue weighted by atomic mass is 35.5. The molecule has 2 N–H and O–H groups in total. The number of anilines is 1. The third-order valence-corrected chi connectivity index (χ3v) is 9.32. The first kappa shape index (κ1) is 28.4. The van der Waals surface area contributed by atoms with E-state index in [1.807, 2.05) is 47.0 Å². The Balaban J connectivity index is 1.23. The Labute approximate surface area is 247 Å². The van der Waals surface area contributed by atoms with E-state index < -0.39 is 0 Å². The molecule has 2 aliphatic rings. The Kier molecular flexibility index (Phi) is 8.63. The number of halogens is 2. The lowest BCUT2D eigenvalue weighted by Gasteiger charge is -2.29. The Morgan fingerprint density at radius 3 is 2.77 bits per heavy atom. The monoisotopic (exact) mass is 600 g/mol. The average molecular weight is 602 g/mol. The first-order valence-electron chi connectivity index (χ1n) is 13.1. The summed E-state index contributed by atoms with van der Waals surface area (Å²) >= 11 is 14.8. The predicted octanol–water partition coefficient (Wildman–Crippen LogP) is 5.73. The quantitative estimate of drug-likeness (QED) is 0.321. The van der Waals surface area contributed by atoms with Crippen LogP contribution in [-0.4, -0.2) is 52.3 Å². The van der Waals surface area contributed by atoms with E-state index in [0.29, 0.717) is 46.2 Å². The van der Waals surface area contributed by atoms with E-state index in [9.17, 15) is 14.4 Å². The molecule has 3 heterocycles. The topological polar surface area (TPSA) is 92.7 Å². The first-order valence-corrected chi connectivity index (χ1v) is 14.7. The van der Waals surface area contributed by atoms with Gasteiger partial charge < -0.3 is 24.8 Å². The number of carbonyl (C=O) groups is 3. The number of aromatic nitrogens is 1. The first-order chi connectivity index (χ1) is 19.2. The second-order valence-electron chi connectivity index (χ2n) is 9.91. The third-order valence-electron chi connectivity index (χ3n) is 7.33. The van der Waals surface area contributed by atoms with Crippen molar-refractivity contribution in [3.63, 3.8) is 0 Å². The van der Waals surface area contributed by atoms with Crippen LogP contribution in [0.4, 0.5) is 5.69 Å². The molecule has 210 valence electrons. The highest BCUT2D eigenvalue weighted by Crippen LogP contribution is 2.37. The molecule has 2 atom stereocenters. The van der Waals surface area contributed by atoms with Crippen molar-refractivity contribution in [3.05, 3.63) is 74.9 Å². The van der Waals surface area contributed by atoms with Crippen LogP contribution in [0.25, 0.3) is 10.9 Å². The van der Waals surface area contributed by atoms with Crippen LogP contribution in [0.15, 0.2) is 53.7 Å². The van der Waals surface area contributed by atoms with Crippen molar-refractivity contribution in [2.75, 3.05) is 19.0 Å². The van der Waals surface area contributed by atoms with E-state index in [0.717, 1.165) is 28.6 Å². The Morgan fingerprint density at radius 1 is 1.18 bits per heavy atom. The Hall–Kier alpha value is -3.14. The van der Waals surface area contributed by atoms with E-state index in [2.05, 4.69) is 10.6 Å². The fourth-order valence-corrected chi connectivity index (χ4v) is 6.99. The van der Waals surface area contributed by atoms with Crippen LogP contribution < -0.4 is 10.6 Å². The maximum atomic E-state index is 13.4. The van der Waals surface area contributed by atoms with Crippen LogP contribution >= 0.6 is 35.0 Å². The highest BCUT2D eigenvalue weighted by molar-refractivity contribution is 8.03. The van der Waals surface area contributed by atoms with Gasteiger partial charge in [-0.1, -0.05) is 41.4 Å². The van der Waals surface area contributed by atoms with Crippen LogP contribution in [0.1, 0.15) is 41.6 Å². The molecule has 2 aromatic carbocycles. The summed E-state index contributed by atoms with van der Waals surface area (Å²) < 4.78 is 6.63. The molecule has 2 aliphatic heterocycles. The molecular formula is C29H30Cl2N4O4S. The van der Waals surface area contributed by atoms with E-state index in [1.165, 1.54) is 7.11 Å². The molecule has 0 spiro atoms. The number of likely N-dealkylation sites (tertiary alicyclic amines) is 1. The van der Waals surface area contributed by atoms with Crippen LogP contribution in [0.3, 0.4) is 0 Å². The Morgan fingerprint density at radius 2 is 1.98 bits per heavy atom. The SMILES string of the molecule is COC(=O)CCC1=CNC([C@@H]2CCCN2C(=O)Cc2cc(Cl)c(NC(=O)c3cn(C)c4ccccc34)cc2Cl)S1. The number of nitrogens with one attached hydrogen (secondary N) is 2. The van der Waals surface area contributed by atoms with Crippen LogP contribution in [0, 0.1) is 0 Å². The number of esters is 1. The number of thioether (sulfide) groups is 1. The molecule has 1 fully saturated rings. The number of ether oxygens (including phenoxy) is 1. The molecule has 1 unspecified atom stereocenters. The van der Waals surface area contributed by atoms with Crippen molar-refractivity contribution in [1.29, 1.82) is 0 Å². The minimum Gasteiger partial charge on any atom is -0.469 e. The predicted molar refractivity (Wildman–Crippen MR) is 160 cm³/mol. The lowest BCUT2D eigenvalue weighted by molar-refractivity contribution is -0.140. The number of amides is 2. The summed E-state index contributed by atoms with van der Waals surface area (Å²) in [6, 6.07) is 11.0. The van der Waals surface area contributed by atoms with Gasteiger partial charge in [0, 0.05) is 46.8 Å². The fraction of sp³-hybridized carbons (Fsp3) is 0.345. The molecule has 0 radical (unpaired) electrons. The van der Waals surface area contributed by atoms with Gasteiger partial charge in [0.1, 0.15) is 0 Å². The van der Waals surface area contributed by atoms with Gasteiger partial charge in [-0.2, -0.15) is 0 Å². The summed E-state index contributed by atoms with van der Waals surface area (Å²) in [5.74, 6) is -0.560. The lowest BCUT2D eigenvalue weighted by atomic mass is 10.1. The minimum absolute atomic E-state index is 0.0258. The smallest absolute Gasteiger partial charge is 0.305 e. The molecule has 3 aromatic rings. The van der Waals surface area contributed by atoms with Crippen molar-refractivity contribution in [1.82, 2.24) is 14.8 Å². The zero-order chi connectivity index (χ0) is 28.4. The summed E-state index contributed by atoms with van der Waals surface area (Å²) in [4.78, 5) is 41.0. The summed E-state index contributed by atoms with van der Waals surface area (Å²) in [6.07, 6.45) is 6.56. The molecule has 1 aromatic heterocycles. The number of rotatable bonds is 8. The highest BCUT2D eigenvalue weighted by Gasteiger charge is 2.37. The maximum Gasteiger partial charge on any atom is 0.305 e. The van der Waals surface area contributed by atoms with Gasteiger partial charge in [0.25, 0.3) is 5.91 Å². The van der Waals surface area contributed by atoms with Crippen molar-refractivity contribution in [3.8, 4) is 0 Å². The summed E-state index contributed by atoms with van der Waals surface area (Å²) in [5.41, 5.74) is 2.47. The molecule has 8 nitrogen and oxygen atoms in total. The van der Waals surface area contributed by atoms with Gasteiger partial charge in [0.2, 0.25) is 5.91 Å². The largest absolute Gasteiger partial charge is 0.469 e. The van der Waals surface area contributed by atoms with Gasteiger partial charge in [-0.3, -0.25) is 14.4 Å². The van der Waals surface area contributed by atoms with Gasteiger partial charge in [-0.15, -0.1) is 11.8 Å². The molecule has 2 amide bonds. The fourth-order valence-electron chi connectivity index (χ4n) is 5.27. The lowest BCUT2D eigenvalue weighted by Crippen LogP contribution is -2.45.